The number of rotatable bonds is 8. The van der Waals surface area contributed by atoms with E-state index in [-0.39, 0.29) is 6.10 Å². The Balaban J connectivity index is 0.919. The first-order valence-electron chi connectivity index (χ1n) is 16.0. The van der Waals surface area contributed by atoms with Gasteiger partial charge in [-0.2, -0.15) is 4.89 Å². The maximum absolute atomic E-state index is 7.09. The Morgan fingerprint density at radius 2 is 1.75 bits per heavy atom. The van der Waals surface area contributed by atoms with Crippen molar-refractivity contribution in [3.05, 3.63) is 113 Å². The van der Waals surface area contributed by atoms with Crippen molar-refractivity contribution in [3.8, 4) is 0 Å². The second kappa shape index (κ2) is 11.6. The highest BCUT2D eigenvalue weighted by Gasteiger charge is 2.63. The lowest BCUT2D eigenvalue weighted by Gasteiger charge is -2.48. The summed E-state index contributed by atoms with van der Waals surface area (Å²) >= 11 is 6.35. The molecule has 0 radical (unpaired) electrons. The van der Waals surface area contributed by atoms with Crippen LogP contribution in [-0.4, -0.2) is 36.0 Å². The lowest BCUT2D eigenvalue weighted by molar-refractivity contribution is -0.533. The van der Waals surface area contributed by atoms with E-state index in [4.69, 9.17) is 26.1 Å². The van der Waals surface area contributed by atoms with Crippen molar-refractivity contribution in [2.24, 2.45) is 11.8 Å². The van der Waals surface area contributed by atoms with E-state index < -0.39 is 11.4 Å². The largest absolute Gasteiger partial charge is 0.383 e. The van der Waals surface area contributed by atoms with E-state index in [1.807, 2.05) is 36.5 Å². The maximum Gasteiger partial charge on any atom is 0.205 e. The number of halogens is 1. The average molecular weight is 608 g/mol. The van der Waals surface area contributed by atoms with E-state index >= 15 is 0 Å². The molecule has 3 fully saturated rings. The molecular weight excluding hydrogens is 570 g/mol. The molecule has 4 aromatic rings. The zero-order valence-electron chi connectivity index (χ0n) is 24.8. The Bertz CT molecular complexity index is 1670. The molecule has 44 heavy (non-hydrogen) atoms. The highest BCUT2D eigenvalue weighted by Crippen LogP contribution is 2.59. The molecule has 1 unspecified atom stereocenters. The van der Waals surface area contributed by atoms with Gasteiger partial charge in [0.1, 0.15) is 6.10 Å². The monoisotopic (exact) mass is 607 g/mol. The molecule has 6 atom stereocenters. The van der Waals surface area contributed by atoms with Gasteiger partial charge in [0.15, 0.2) is 5.60 Å². The minimum atomic E-state index is -0.700. The van der Waals surface area contributed by atoms with Crippen LogP contribution in [-0.2, 0) is 20.1 Å². The Morgan fingerprint density at radius 3 is 2.61 bits per heavy atom. The van der Waals surface area contributed by atoms with Gasteiger partial charge in [-0.15, -0.1) is 0 Å². The number of nitrogens with zero attached hydrogens (tertiary/aromatic N) is 1. The van der Waals surface area contributed by atoms with Crippen molar-refractivity contribution in [2.75, 3.05) is 18.4 Å². The molecule has 1 spiro atoms. The molecule has 1 saturated heterocycles. The van der Waals surface area contributed by atoms with Crippen LogP contribution in [0.4, 0.5) is 5.69 Å². The molecule has 0 bridgehead atoms. The van der Waals surface area contributed by atoms with Crippen molar-refractivity contribution in [1.29, 1.82) is 0 Å². The number of pyridine rings is 1. The SMILES string of the molecule is Clc1cc(NCCCN[C@H]2C[C@H]3CCC4(OO[C@@]5(c6ccccc6)CC(c6ccccc6)=C[C@H]5O4)[C@H]3C2)c2ncccc2c1. The Kier molecular flexibility index (Phi) is 7.44. The van der Waals surface area contributed by atoms with Crippen LogP contribution in [0.2, 0.25) is 5.02 Å². The molecule has 4 aliphatic rings. The van der Waals surface area contributed by atoms with E-state index in [0.29, 0.717) is 17.9 Å². The summed E-state index contributed by atoms with van der Waals surface area (Å²) in [7, 11) is 0. The van der Waals surface area contributed by atoms with Gasteiger partial charge in [-0.3, -0.25) is 4.98 Å². The van der Waals surface area contributed by atoms with Crippen LogP contribution in [0.25, 0.3) is 16.5 Å². The summed E-state index contributed by atoms with van der Waals surface area (Å²) in [5.41, 5.74) is 4.82. The first-order chi connectivity index (χ1) is 21.6. The fourth-order valence-corrected chi connectivity index (χ4v) is 8.34. The van der Waals surface area contributed by atoms with Crippen LogP contribution < -0.4 is 10.6 Å². The molecule has 6 nitrogen and oxygen atoms in total. The molecule has 2 heterocycles. The van der Waals surface area contributed by atoms with E-state index in [2.05, 4.69) is 76.3 Å². The maximum atomic E-state index is 7.09. The number of hydrogen-bond acceptors (Lipinski definition) is 6. The van der Waals surface area contributed by atoms with Crippen LogP contribution in [0.5, 0.6) is 0 Å². The Hall–Kier alpha value is -3.26. The molecule has 3 aliphatic carbocycles. The number of fused-ring (bicyclic) bond motifs is 4. The number of nitrogens with one attached hydrogen (secondary N) is 2. The second-order valence-electron chi connectivity index (χ2n) is 12.8. The summed E-state index contributed by atoms with van der Waals surface area (Å²) in [6.07, 6.45) is 9.78. The van der Waals surface area contributed by atoms with Crippen molar-refractivity contribution < 1.29 is 14.5 Å². The quantitative estimate of drug-likeness (QED) is 0.157. The predicted octanol–water partition coefficient (Wildman–Crippen LogP) is 7.89. The average Bonchev–Trinajstić information content (AvgIpc) is 3.75. The van der Waals surface area contributed by atoms with Crippen LogP contribution >= 0.6 is 11.6 Å². The third kappa shape index (κ3) is 5.03. The summed E-state index contributed by atoms with van der Waals surface area (Å²) in [6, 6.07) is 29.4. The second-order valence-corrected chi connectivity index (χ2v) is 13.3. The van der Waals surface area contributed by atoms with Crippen molar-refractivity contribution in [1.82, 2.24) is 10.3 Å². The molecule has 2 N–H and O–H groups in total. The first kappa shape index (κ1) is 28.2. The van der Waals surface area contributed by atoms with Gasteiger partial charge in [0.2, 0.25) is 5.79 Å². The normalized spacial score (nSPS) is 30.8. The number of hydrogen-bond donors (Lipinski definition) is 2. The third-order valence-electron chi connectivity index (χ3n) is 10.2. The number of ether oxygens (including phenoxy) is 1. The van der Waals surface area contributed by atoms with E-state index in [1.165, 1.54) is 11.1 Å². The van der Waals surface area contributed by atoms with Crippen molar-refractivity contribution in [3.63, 3.8) is 0 Å². The lowest BCUT2D eigenvalue weighted by Crippen LogP contribution is -2.56. The highest BCUT2D eigenvalue weighted by atomic mass is 35.5. The smallest absolute Gasteiger partial charge is 0.205 e. The summed E-state index contributed by atoms with van der Waals surface area (Å²) in [6.45, 7) is 1.79. The van der Waals surface area contributed by atoms with Crippen LogP contribution in [0, 0.1) is 11.8 Å². The zero-order valence-corrected chi connectivity index (χ0v) is 25.5. The fourth-order valence-electron chi connectivity index (χ4n) is 8.11. The van der Waals surface area contributed by atoms with Crippen LogP contribution in [0.3, 0.4) is 0 Å². The third-order valence-corrected chi connectivity index (χ3v) is 10.4. The van der Waals surface area contributed by atoms with Gasteiger partial charge in [0.25, 0.3) is 0 Å². The highest BCUT2D eigenvalue weighted by molar-refractivity contribution is 6.31. The van der Waals surface area contributed by atoms with Crippen LogP contribution in [0.1, 0.15) is 49.7 Å². The van der Waals surface area contributed by atoms with E-state index in [0.717, 1.165) is 78.8 Å². The molecule has 226 valence electrons. The molecule has 0 amide bonds. The summed E-state index contributed by atoms with van der Waals surface area (Å²) in [5.74, 6) is 0.181. The number of anilines is 1. The molecule has 1 aliphatic heterocycles. The van der Waals surface area contributed by atoms with Gasteiger partial charge in [-0.05, 0) is 79.1 Å². The summed E-state index contributed by atoms with van der Waals surface area (Å²) in [5, 5.41) is 9.15. The lowest BCUT2D eigenvalue weighted by atomic mass is 9.86. The molecule has 2 saturated carbocycles. The van der Waals surface area contributed by atoms with Crippen molar-refractivity contribution in [2.45, 2.75) is 62.1 Å². The first-order valence-corrected chi connectivity index (χ1v) is 16.4. The topological polar surface area (TPSA) is 64.6 Å². The van der Waals surface area contributed by atoms with Gasteiger partial charge in [-0.25, -0.2) is 4.89 Å². The molecular formula is C37H38ClN3O3. The van der Waals surface area contributed by atoms with E-state index in [1.54, 1.807) is 0 Å². The fraction of sp³-hybridized carbons (Fsp3) is 0.378. The van der Waals surface area contributed by atoms with E-state index in [9.17, 15) is 0 Å². The number of benzene rings is 3. The van der Waals surface area contributed by atoms with Crippen molar-refractivity contribution >= 4 is 33.8 Å². The van der Waals surface area contributed by atoms with Gasteiger partial charge < -0.3 is 15.4 Å². The zero-order chi connectivity index (χ0) is 29.6. The minimum Gasteiger partial charge on any atom is -0.383 e. The van der Waals surface area contributed by atoms with Gasteiger partial charge in [-0.1, -0.05) is 78.3 Å². The summed E-state index contributed by atoms with van der Waals surface area (Å²) in [4.78, 5) is 17.6. The van der Waals surface area contributed by atoms with Gasteiger partial charge in [0.05, 0.1) is 11.2 Å². The molecule has 3 aromatic carbocycles. The molecule has 8 rings (SSSR count). The molecule has 1 aromatic heterocycles. The number of aromatic nitrogens is 1. The summed E-state index contributed by atoms with van der Waals surface area (Å²) < 4.78 is 7.09. The van der Waals surface area contributed by atoms with Crippen LogP contribution in [0.15, 0.2) is 97.2 Å². The standard InChI is InChI=1S/C37H38ClN3O3/c38-30-19-27-11-7-16-41-35(27)33(22-30)40-18-8-17-39-31-20-26-14-15-37(32(26)23-31)42-34-21-28(25-9-3-1-4-10-25)24-36(34,43-44-37)29-12-5-2-6-13-29/h1-7,9-13,16,19,21-22,26,31-32,34,39-40H,8,14-15,17-18,20,23-24H2/t26-,31+,32+,34-,36-,37?/m1/s1. The Labute approximate surface area is 263 Å². The van der Waals surface area contributed by atoms with Gasteiger partial charge >= 0.3 is 0 Å². The predicted molar refractivity (Wildman–Crippen MR) is 174 cm³/mol. The Morgan fingerprint density at radius 1 is 0.909 bits per heavy atom. The minimum absolute atomic E-state index is 0.206. The van der Waals surface area contributed by atoms with Gasteiger partial charge in [0, 0.05) is 48.0 Å². The molecule has 7 heteroatoms.